The van der Waals surface area contributed by atoms with Gasteiger partial charge in [-0.25, -0.2) is 0 Å². The number of hydrogen-bond acceptors (Lipinski definition) is 2. The fourth-order valence-corrected chi connectivity index (χ4v) is 2.05. The van der Waals surface area contributed by atoms with Crippen LogP contribution in [0, 0.1) is 0 Å². The average molecular weight is 207 g/mol. The van der Waals surface area contributed by atoms with E-state index in [2.05, 4.69) is 19.9 Å². The first kappa shape index (κ1) is 12.2. The van der Waals surface area contributed by atoms with Gasteiger partial charge >= 0.3 is 0 Å². The zero-order valence-electron chi connectivity index (χ0n) is 9.61. The second kappa shape index (κ2) is 5.89. The molecule has 0 aliphatic heterocycles. The topological polar surface area (TPSA) is 46.2 Å². The van der Waals surface area contributed by atoms with Crippen LogP contribution in [0.4, 0.5) is 0 Å². The lowest BCUT2D eigenvalue weighted by Gasteiger charge is -2.20. The summed E-state index contributed by atoms with van der Waals surface area (Å²) in [7, 11) is 0. The molecule has 1 atom stereocenters. The molecule has 0 aliphatic carbocycles. The highest BCUT2D eigenvalue weighted by Crippen LogP contribution is 2.28. The van der Waals surface area contributed by atoms with Crippen LogP contribution in [0.25, 0.3) is 0 Å². The van der Waals surface area contributed by atoms with E-state index in [1.54, 1.807) is 0 Å². The van der Waals surface area contributed by atoms with E-state index in [9.17, 15) is 0 Å². The minimum absolute atomic E-state index is 0.0111. The van der Waals surface area contributed by atoms with Gasteiger partial charge < -0.3 is 10.8 Å². The molecule has 0 radical (unpaired) electrons. The minimum atomic E-state index is -0.248. The lowest BCUT2D eigenvalue weighted by Crippen LogP contribution is -2.17. The van der Waals surface area contributed by atoms with Crippen LogP contribution in [-0.2, 0) is 0 Å². The number of hydrogen-bond donors (Lipinski definition) is 2. The van der Waals surface area contributed by atoms with Gasteiger partial charge in [-0.1, -0.05) is 38.1 Å². The van der Waals surface area contributed by atoms with Crippen molar-refractivity contribution in [1.82, 2.24) is 0 Å². The molecule has 2 nitrogen and oxygen atoms in total. The molecule has 0 fully saturated rings. The Morgan fingerprint density at radius 1 is 1.13 bits per heavy atom. The summed E-state index contributed by atoms with van der Waals surface area (Å²) in [4.78, 5) is 0. The summed E-state index contributed by atoms with van der Waals surface area (Å²) >= 11 is 0. The lowest BCUT2D eigenvalue weighted by molar-refractivity contribution is 0.267. The maximum absolute atomic E-state index is 9.11. The van der Waals surface area contributed by atoms with Crippen molar-refractivity contribution in [1.29, 1.82) is 0 Å². The number of aliphatic hydroxyl groups excluding tert-OH is 1. The van der Waals surface area contributed by atoms with Crippen molar-refractivity contribution < 1.29 is 5.11 Å². The largest absolute Gasteiger partial charge is 0.394 e. The van der Waals surface area contributed by atoms with Crippen molar-refractivity contribution in [3.63, 3.8) is 0 Å². The first-order chi connectivity index (χ1) is 7.24. The fraction of sp³-hybridized carbons (Fsp3) is 0.538. The predicted molar refractivity (Wildman–Crippen MR) is 63.8 cm³/mol. The summed E-state index contributed by atoms with van der Waals surface area (Å²) in [6.45, 7) is 4.39. The summed E-state index contributed by atoms with van der Waals surface area (Å²) in [6, 6.07) is 7.93. The fourth-order valence-electron chi connectivity index (χ4n) is 2.05. The van der Waals surface area contributed by atoms with Crippen molar-refractivity contribution in [2.75, 3.05) is 6.61 Å². The third-order valence-electron chi connectivity index (χ3n) is 3.02. The minimum Gasteiger partial charge on any atom is -0.394 e. The first-order valence-electron chi connectivity index (χ1n) is 5.69. The van der Waals surface area contributed by atoms with Gasteiger partial charge in [-0.2, -0.15) is 0 Å². The zero-order chi connectivity index (χ0) is 11.3. The Kier molecular flexibility index (Phi) is 4.79. The van der Waals surface area contributed by atoms with Crippen molar-refractivity contribution in [2.45, 2.75) is 38.6 Å². The summed E-state index contributed by atoms with van der Waals surface area (Å²) in [5, 5.41) is 9.11. The van der Waals surface area contributed by atoms with E-state index in [4.69, 9.17) is 10.8 Å². The zero-order valence-corrected chi connectivity index (χ0v) is 9.61. The van der Waals surface area contributed by atoms with Crippen LogP contribution in [-0.4, -0.2) is 11.7 Å². The first-order valence-corrected chi connectivity index (χ1v) is 5.69. The quantitative estimate of drug-likeness (QED) is 0.779. The van der Waals surface area contributed by atoms with Crippen molar-refractivity contribution in [3.05, 3.63) is 35.4 Å². The smallest absolute Gasteiger partial charge is 0.0624 e. The molecule has 0 saturated heterocycles. The highest BCUT2D eigenvalue weighted by atomic mass is 16.3. The van der Waals surface area contributed by atoms with Crippen LogP contribution >= 0.6 is 0 Å². The molecule has 1 unspecified atom stereocenters. The molecular weight excluding hydrogens is 186 g/mol. The SMILES string of the molecule is CCC(CC)c1ccccc1C(N)CO. The molecule has 0 spiro atoms. The second-order valence-electron chi connectivity index (χ2n) is 3.93. The Labute approximate surface area is 92.1 Å². The van der Waals surface area contributed by atoms with Gasteiger partial charge in [0.05, 0.1) is 12.6 Å². The van der Waals surface area contributed by atoms with E-state index in [0.717, 1.165) is 18.4 Å². The van der Waals surface area contributed by atoms with Crippen molar-refractivity contribution in [3.8, 4) is 0 Å². The molecule has 0 bridgehead atoms. The van der Waals surface area contributed by atoms with Crippen molar-refractivity contribution >= 4 is 0 Å². The molecule has 15 heavy (non-hydrogen) atoms. The third-order valence-corrected chi connectivity index (χ3v) is 3.02. The van der Waals surface area contributed by atoms with Crippen LogP contribution in [0.1, 0.15) is 49.8 Å². The van der Waals surface area contributed by atoms with Crippen LogP contribution < -0.4 is 5.73 Å². The van der Waals surface area contributed by atoms with E-state index in [1.807, 2.05) is 18.2 Å². The molecule has 1 rings (SSSR count). The van der Waals surface area contributed by atoms with Gasteiger partial charge in [-0.15, -0.1) is 0 Å². The molecule has 1 aromatic carbocycles. The summed E-state index contributed by atoms with van der Waals surface area (Å²) in [6.07, 6.45) is 2.23. The van der Waals surface area contributed by atoms with Crippen LogP contribution in [0.2, 0.25) is 0 Å². The Balaban J connectivity index is 3.04. The van der Waals surface area contributed by atoms with Crippen LogP contribution in [0.15, 0.2) is 24.3 Å². The predicted octanol–water partition coefficient (Wildman–Crippen LogP) is 2.58. The number of nitrogens with two attached hydrogens (primary N) is 1. The van der Waals surface area contributed by atoms with Crippen LogP contribution in [0.3, 0.4) is 0 Å². The Hall–Kier alpha value is -0.860. The summed E-state index contributed by atoms with van der Waals surface area (Å²) < 4.78 is 0. The highest BCUT2D eigenvalue weighted by Gasteiger charge is 2.15. The molecule has 0 aromatic heterocycles. The molecule has 0 heterocycles. The maximum Gasteiger partial charge on any atom is 0.0624 e. The molecular formula is C13H21NO. The van der Waals surface area contributed by atoms with Crippen LogP contribution in [0.5, 0.6) is 0 Å². The summed E-state index contributed by atoms with van der Waals surface area (Å²) in [5.74, 6) is 0.554. The molecule has 2 heteroatoms. The summed E-state index contributed by atoms with van der Waals surface area (Å²) in [5.41, 5.74) is 8.28. The van der Waals surface area contributed by atoms with Gasteiger partial charge in [0.1, 0.15) is 0 Å². The van der Waals surface area contributed by atoms with E-state index in [0.29, 0.717) is 5.92 Å². The number of benzene rings is 1. The monoisotopic (exact) mass is 207 g/mol. The standard InChI is InChI=1S/C13H21NO/c1-3-10(4-2)11-7-5-6-8-12(11)13(14)9-15/h5-8,10,13,15H,3-4,9,14H2,1-2H3. The van der Waals surface area contributed by atoms with Gasteiger partial charge in [0.15, 0.2) is 0 Å². The highest BCUT2D eigenvalue weighted by molar-refractivity contribution is 5.32. The van der Waals surface area contributed by atoms with E-state index < -0.39 is 0 Å². The Morgan fingerprint density at radius 3 is 2.13 bits per heavy atom. The average Bonchev–Trinajstić information content (AvgIpc) is 2.30. The van der Waals surface area contributed by atoms with E-state index >= 15 is 0 Å². The molecule has 84 valence electrons. The van der Waals surface area contributed by atoms with Crippen molar-refractivity contribution in [2.24, 2.45) is 5.73 Å². The molecule has 0 aliphatic rings. The second-order valence-corrected chi connectivity index (χ2v) is 3.93. The molecule has 0 amide bonds. The Bertz CT molecular complexity index is 294. The molecule has 3 N–H and O–H groups in total. The van der Waals surface area contributed by atoms with Gasteiger partial charge in [0.25, 0.3) is 0 Å². The van der Waals surface area contributed by atoms with Gasteiger partial charge in [0, 0.05) is 0 Å². The van der Waals surface area contributed by atoms with Gasteiger partial charge in [-0.3, -0.25) is 0 Å². The molecule has 0 saturated carbocycles. The van der Waals surface area contributed by atoms with E-state index in [-0.39, 0.29) is 12.6 Å². The number of rotatable bonds is 5. The van der Waals surface area contributed by atoms with Gasteiger partial charge in [-0.05, 0) is 29.9 Å². The van der Waals surface area contributed by atoms with Gasteiger partial charge in [0.2, 0.25) is 0 Å². The number of aliphatic hydroxyl groups is 1. The third kappa shape index (κ3) is 2.80. The Morgan fingerprint density at radius 2 is 1.67 bits per heavy atom. The molecule has 1 aromatic rings. The normalized spacial score (nSPS) is 13.1. The maximum atomic E-state index is 9.11. The van der Waals surface area contributed by atoms with E-state index in [1.165, 1.54) is 5.56 Å². The lowest BCUT2D eigenvalue weighted by atomic mass is 9.88.